The van der Waals surface area contributed by atoms with E-state index in [1.54, 1.807) is 6.08 Å². The maximum Gasteiger partial charge on any atom is 0.330 e. The molecule has 1 N–H and O–H groups in total. The molecule has 3 nitrogen and oxygen atoms in total. The summed E-state index contributed by atoms with van der Waals surface area (Å²) in [5.74, 6) is 1.79. The zero-order valence-corrected chi connectivity index (χ0v) is 16.9. The highest BCUT2D eigenvalue weighted by molar-refractivity contribution is 5.83. The van der Waals surface area contributed by atoms with Crippen molar-refractivity contribution in [3.8, 4) is 0 Å². The van der Waals surface area contributed by atoms with Crippen LogP contribution in [0.4, 0.5) is 0 Å². The van der Waals surface area contributed by atoms with Gasteiger partial charge in [0, 0.05) is 6.08 Å². The van der Waals surface area contributed by atoms with Crippen LogP contribution in [0, 0.1) is 23.2 Å². The molecule has 0 aromatic carbocycles. The minimum absolute atomic E-state index is 0.163. The summed E-state index contributed by atoms with van der Waals surface area (Å²) < 4.78 is 5.15. The van der Waals surface area contributed by atoms with Gasteiger partial charge in [-0.25, -0.2) is 4.79 Å². The summed E-state index contributed by atoms with van der Waals surface area (Å²) in [5.41, 5.74) is 1.10. The van der Waals surface area contributed by atoms with Crippen molar-refractivity contribution in [1.82, 2.24) is 0 Å². The molecule has 144 valence electrons. The van der Waals surface area contributed by atoms with Gasteiger partial charge in [0.15, 0.2) is 0 Å². The van der Waals surface area contributed by atoms with Crippen molar-refractivity contribution in [1.29, 1.82) is 0 Å². The maximum absolute atomic E-state index is 11.9. The van der Waals surface area contributed by atoms with Crippen LogP contribution in [0.25, 0.3) is 0 Å². The van der Waals surface area contributed by atoms with Crippen LogP contribution >= 0.6 is 0 Å². The van der Waals surface area contributed by atoms with Gasteiger partial charge in [-0.1, -0.05) is 32.3 Å². The second-order valence-corrected chi connectivity index (χ2v) is 9.25. The van der Waals surface area contributed by atoms with E-state index in [1.807, 2.05) is 20.8 Å². The molecule has 25 heavy (non-hydrogen) atoms. The van der Waals surface area contributed by atoms with Gasteiger partial charge >= 0.3 is 5.97 Å². The molecule has 0 aromatic rings. The molecule has 2 aliphatic carbocycles. The highest BCUT2D eigenvalue weighted by Crippen LogP contribution is 2.59. The van der Waals surface area contributed by atoms with E-state index in [0.717, 1.165) is 25.2 Å². The van der Waals surface area contributed by atoms with Crippen molar-refractivity contribution in [2.75, 3.05) is 6.61 Å². The van der Waals surface area contributed by atoms with Crippen LogP contribution in [-0.2, 0) is 9.53 Å². The predicted molar refractivity (Wildman–Crippen MR) is 102 cm³/mol. The molecule has 4 atom stereocenters. The lowest BCUT2D eigenvalue weighted by atomic mass is 9.60. The molecular weight excluding hydrogens is 312 g/mol. The molecule has 2 fully saturated rings. The number of hydrogen-bond donors (Lipinski definition) is 1. The summed E-state index contributed by atoms with van der Waals surface area (Å²) in [6.45, 7) is 11.0. The van der Waals surface area contributed by atoms with E-state index in [-0.39, 0.29) is 5.97 Å². The Balaban J connectivity index is 2.03. The van der Waals surface area contributed by atoms with Crippen molar-refractivity contribution >= 4 is 5.97 Å². The van der Waals surface area contributed by atoms with Gasteiger partial charge in [-0.05, 0) is 82.5 Å². The molecule has 0 amide bonds. The quantitative estimate of drug-likeness (QED) is 0.502. The summed E-state index contributed by atoms with van der Waals surface area (Å²) in [5, 5.41) is 9.95. The van der Waals surface area contributed by atoms with Gasteiger partial charge in [0.25, 0.3) is 0 Å². The molecule has 0 saturated heterocycles. The van der Waals surface area contributed by atoms with Crippen molar-refractivity contribution in [2.24, 2.45) is 23.2 Å². The second kappa shape index (κ2) is 8.24. The summed E-state index contributed by atoms with van der Waals surface area (Å²) in [6, 6.07) is 0. The zero-order chi connectivity index (χ0) is 18.7. The number of allylic oxidation sites excluding steroid dienone is 1. The number of carbonyl (C=O) groups excluding carboxylic acids is 1. The van der Waals surface area contributed by atoms with Gasteiger partial charge in [0.1, 0.15) is 0 Å². The minimum atomic E-state index is -0.553. The molecule has 2 rings (SSSR count). The van der Waals surface area contributed by atoms with Gasteiger partial charge in [0.2, 0.25) is 0 Å². The molecule has 3 heteroatoms. The summed E-state index contributed by atoms with van der Waals surface area (Å²) in [4.78, 5) is 11.9. The SMILES string of the molecule is CCOC(=O)/C=C1\CCC[C@]2(C)[C@@H]([C@H](C)CCCC(C)(C)O)CC[C@@H]12. The Morgan fingerprint density at radius 3 is 2.80 bits per heavy atom. The van der Waals surface area contributed by atoms with E-state index in [4.69, 9.17) is 4.74 Å². The number of carbonyl (C=O) groups is 1. The van der Waals surface area contributed by atoms with Crippen LogP contribution < -0.4 is 0 Å². The first kappa shape index (κ1) is 20.5. The van der Waals surface area contributed by atoms with Crippen molar-refractivity contribution in [2.45, 2.75) is 91.6 Å². The monoisotopic (exact) mass is 350 g/mol. The van der Waals surface area contributed by atoms with E-state index in [9.17, 15) is 9.90 Å². The van der Waals surface area contributed by atoms with E-state index in [2.05, 4.69) is 13.8 Å². The lowest BCUT2D eigenvalue weighted by molar-refractivity contribution is -0.137. The Hall–Kier alpha value is -0.830. The zero-order valence-electron chi connectivity index (χ0n) is 16.9. The molecule has 2 aliphatic rings. The second-order valence-electron chi connectivity index (χ2n) is 9.25. The molecule has 0 heterocycles. The Morgan fingerprint density at radius 1 is 1.44 bits per heavy atom. The molecule has 0 bridgehead atoms. The fourth-order valence-electron chi connectivity index (χ4n) is 5.58. The fourth-order valence-corrected chi connectivity index (χ4v) is 5.58. The maximum atomic E-state index is 11.9. The van der Waals surface area contributed by atoms with Crippen LogP contribution in [0.5, 0.6) is 0 Å². The highest BCUT2D eigenvalue weighted by Gasteiger charge is 2.50. The van der Waals surface area contributed by atoms with Gasteiger partial charge < -0.3 is 9.84 Å². The van der Waals surface area contributed by atoms with Gasteiger partial charge in [-0.3, -0.25) is 0 Å². The van der Waals surface area contributed by atoms with Crippen molar-refractivity contribution in [3.05, 3.63) is 11.6 Å². The Labute approximate surface area is 154 Å². The van der Waals surface area contributed by atoms with Crippen LogP contribution in [0.15, 0.2) is 11.6 Å². The third-order valence-corrected chi connectivity index (χ3v) is 6.76. The number of hydrogen-bond acceptors (Lipinski definition) is 3. The normalized spacial score (nSPS) is 32.5. The summed E-state index contributed by atoms with van der Waals surface area (Å²) >= 11 is 0. The molecule has 0 aliphatic heterocycles. The van der Waals surface area contributed by atoms with Crippen LogP contribution in [0.1, 0.15) is 86.0 Å². The van der Waals surface area contributed by atoms with E-state index < -0.39 is 5.60 Å². The number of fused-ring (bicyclic) bond motifs is 1. The molecule has 0 aromatic heterocycles. The van der Waals surface area contributed by atoms with Crippen molar-refractivity contribution < 1.29 is 14.6 Å². The number of rotatable bonds is 7. The van der Waals surface area contributed by atoms with Gasteiger partial charge in [0.05, 0.1) is 12.2 Å². The van der Waals surface area contributed by atoms with E-state index in [0.29, 0.717) is 23.9 Å². The molecule has 0 spiro atoms. The Morgan fingerprint density at radius 2 is 2.16 bits per heavy atom. The van der Waals surface area contributed by atoms with E-state index >= 15 is 0 Å². The fraction of sp³-hybridized carbons (Fsp3) is 0.864. The van der Waals surface area contributed by atoms with Crippen molar-refractivity contribution in [3.63, 3.8) is 0 Å². The molecule has 2 saturated carbocycles. The standard InChI is InChI=1S/C22H38O3/c1-6-25-20(23)15-17-10-8-14-22(5)18(11-12-19(17)22)16(2)9-7-13-21(3,4)24/h15-16,18-19,24H,6-14H2,1-5H3/b17-15+/t16-,18-,19+,22-/m1/s1. The predicted octanol–water partition coefficient (Wildman–Crippen LogP) is 5.27. The summed E-state index contributed by atoms with van der Waals surface area (Å²) in [7, 11) is 0. The highest BCUT2D eigenvalue weighted by atomic mass is 16.5. The topological polar surface area (TPSA) is 46.5 Å². The lowest BCUT2D eigenvalue weighted by Crippen LogP contribution is -2.36. The van der Waals surface area contributed by atoms with Gasteiger partial charge in [-0.2, -0.15) is 0 Å². The molecule has 0 unspecified atom stereocenters. The molecule has 0 radical (unpaired) electrons. The Kier molecular flexibility index (Phi) is 6.75. The average molecular weight is 351 g/mol. The number of ether oxygens (including phenoxy) is 1. The largest absolute Gasteiger partial charge is 0.463 e. The first-order valence-corrected chi connectivity index (χ1v) is 10.3. The van der Waals surface area contributed by atoms with Gasteiger partial charge in [-0.15, -0.1) is 0 Å². The third kappa shape index (κ3) is 5.09. The smallest absolute Gasteiger partial charge is 0.330 e. The first-order valence-electron chi connectivity index (χ1n) is 10.3. The summed E-state index contributed by atoms with van der Waals surface area (Å²) in [6.07, 6.45) is 10.9. The first-order chi connectivity index (χ1) is 11.7. The minimum Gasteiger partial charge on any atom is -0.463 e. The number of aliphatic hydroxyl groups is 1. The third-order valence-electron chi connectivity index (χ3n) is 6.76. The van der Waals surface area contributed by atoms with E-state index in [1.165, 1.54) is 37.7 Å². The Bertz CT molecular complexity index is 488. The van der Waals surface area contributed by atoms with Crippen LogP contribution in [-0.4, -0.2) is 23.3 Å². The lowest BCUT2D eigenvalue weighted by Gasteiger charge is -2.44. The number of esters is 1. The average Bonchev–Trinajstić information content (AvgIpc) is 2.84. The van der Waals surface area contributed by atoms with Crippen LogP contribution in [0.2, 0.25) is 0 Å². The molecular formula is C22H38O3. The van der Waals surface area contributed by atoms with Crippen LogP contribution in [0.3, 0.4) is 0 Å².